The molecule has 4 aliphatic heterocycles. The Bertz CT molecular complexity index is 1840. The average molecular weight is 864 g/mol. The van der Waals surface area contributed by atoms with Gasteiger partial charge in [0.05, 0.1) is 59.6 Å². The van der Waals surface area contributed by atoms with Gasteiger partial charge in [0.25, 0.3) is 0 Å². The van der Waals surface area contributed by atoms with E-state index in [2.05, 4.69) is 41.6 Å². The minimum absolute atomic E-state index is 0.236. The Balaban J connectivity index is 0.000000166. The third kappa shape index (κ3) is 13.5. The molecule has 0 unspecified atom stereocenters. The summed E-state index contributed by atoms with van der Waals surface area (Å²) in [6, 6.07) is 11.3. The van der Waals surface area contributed by atoms with Crippen LogP contribution in [0, 0.1) is 0 Å². The number of morpholine rings is 2. The summed E-state index contributed by atoms with van der Waals surface area (Å²) >= 11 is 14.3. The molecule has 0 aromatic carbocycles. The van der Waals surface area contributed by atoms with Gasteiger partial charge in [-0.2, -0.15) is 10.2 Å². The number of aromatic nitrogens is 4. The molecule has 57 heavy (non-hydrogen) atoms. The number of nitrogens with two attached hydrogens (primary N) is 1. The van der Waals surface area contributed by atoms with Crippen LogP contribution < -0.4 is 11.1 Å². The van der Waals surface area contributed by atoms with Gasteiger partial charge in [0.15, 0.2) is 6.29 Å². The van der Waals surface area contributed by atoms with E-state index < -0.39 is 0 Å². The molecule has 0 atom stereocenters. The molecular formula is C38H52Cl2N10O5S2. The number of aldehydes is 1. The van der Waals surface area contributed by atoms with Crippen LogP contribution in [0.1, 0.15) is 63.5 Å². The lowest BCUT2D eigenvalue weighted by molar-refractivity contribution is -0.135. The number of ether oxygens (including phenoxy) is 2. The number of thiophene rings is 2. The van der Waals surface area contributed by atoms with Crippen molar-refractivity contribution in [2.24, 2.45) is 0 Å². The molecule has 4 aromatic rings. The van der Waals surface area contributed by atoms with E-state index in [-0.39, 0.29) is 11.8 Å². The molecular weight excluding hydrogens is 812 g/mol. The van der Waals surface area contributed by atoms with Crippen molar-refractivity contribution in [3.05, 3.63) is 66.2 Å². The van der Waals surface area contributed by atoms with E-state index in [9.17, 15) is 14.4 Å². The van der Waals surface area contributed by atoms with Crippen molar-refractivity contribution < 1.29 is 23.9 Å². The van der Waals surface area contributed by atoms with Crippen LogP contribution in [0.15, 0.2) is 36.4 Å². The van der Waals surface area contributed by atoms with Crippen LogP contribution in [0.25, 0.3) is 0 Å². The molecule has 4 aromatic heterocycles. The van der Waals surface area contributed by atoms with Gasteiger partial charge in [-0.25, -0.2) is 0 Å². The van der Waals surface area contributed by atoms with Crippen LogP contribution in [0.3, 0.4) is 0 Å². The van der Waals surface area contributed by atoms with Crippen LogP contribution in [-0.2, 0) is 25.6 Å². The zero-order valence-corrected chi connectivity index (χ0v) is 35.2. The smallest absolute Gasteiger partial charge is 0.236 e. The van der Waals surface area contributed by atoms with E-state index in [1.165, 1.54) is 16.2 Å². The summed E-state index contributed by atoms with van der Waals surface area (Å²) in [5, 5.41) is 17.8. The van der Waals surface area contributed by atoms with Crippen molar-refractivity contribution in [1.82, 2.24) is 40.0 Å². The number of amides is 2. The fourth-order valence-corrected chi connectivity index (χ4v) is 9.10. The van der Waals surface area contributed by atoms with Gasteiger partial charge in [0, 0.05) is 92.6 Å². The van der Waals surface area contributed by atoms with Gasteiger partial charge in [-0.3, -0.25) is 34.4 Å². The maximum absolute atomic E-state index is 12.5. The van der Waals surface area contributed by atoms with E-state index in [0.29, 0.717) is 40.0 Å². The number of carbonyl (C=O) groups excluding carboxylic acids is 3. The third-order valence-corrected chi connectivity index (χ3v) is 12.9. The first-order valence-electron chi connectivity index (χ1n) is 19.4. The molecule has 0 radical (unpaired) electrons. The maximum Gasteiger partial charge on any atom is 0.236 e. The lowest BCUT2D eigenvalue weighted by Crippen LogP contribution is -2.46. The molecule has 0 spiro atoms. The highest BCUT2D eigenvalue weighted by atomic mass is 35.5. The zero-order chi connectivity index (χ0) is 40.0. The molecule has 15 nitrogen and oxygen atoms in total. The lowest BCUT2D eigenvalue weighted by Gasteiger charge is -2.34. The van der Waals surface area contributed by atoms with Gasteiger partial charge in [-0.1, -0.05) is 23.2 Å². The monoisotopic (exact) mass is 862 g/mol. The van der Waals surface area contributed by atoms with Crippen molar-refractivity contribution in [1.29, 1.82) is 0 Å². The van der Waals surface area contributed by atoms with Crippen molar-refractivity contribution in [3.8, 4) is 0 Å². The van der Waals surface area contributed by atoms with Crippen LogP contribution in [-0.4, -0.2) is 150 Å². The molecule has 4 fully saturated rings. The number of nitrogen functional groups attached to an aromatic ring is 1. The number of halogens is 2. The standard InChI is InChI=1S/C19H26ClN5O2S.C14H23N5O2.C5H3ClOS/c20-17-2-1-15(28-17)12-21-18-11-16(22-23-18)14-3-5-25(6-4-14)19(26)13-24-7-9-27-10-8-24;15-13-9-12(16-17-13)11-1-3-19(4-2-11)14(20)10-18-5-7-21-8-6-18;6-5-2-1-4(3-7)8-5/h1-2,11,14H,3-10,12-13H2,(H2,21,22,23);9,11H,1-8,10H2,(H3,15,16,17);1-3H. The number of hydrogen-bond donors (Lipinski definition) is 4. The highest BCUT2D eigenvalue weighted by Gasteiger charge is 2.28. The second kappa shape index (κ2) is 22.0. The van der Waals surface area contributed by atoms with Crippen LogP contribution in [0.2, 0.25) is 8.67 Å². The SMILES string of the molecule is Nc1cc(C2CCN(C(=O)CN3CCOCC3)CC2)[nH]n1.O=C(CN1CCOCC1)N1CCC(c2cc(NCc3ccc(Cl)s3)n[nH]2)CC1.O=Cc1ccc(Cl)s1. The Morgan fingerprint density at radius 2 is 1.26 bits per heavy atom. The molecule has 0 bridgehead atoms. The van der Waals surface area contributed by atoms with Gasteiger partial charge in [0.1, 0.15) is 11.6 Å². The second-order valence-electron chi connectivity index (χ2n) is 14.4. The van der Waals surface area contributed by atoms with E-state index >= 15 is 0 Å². The summed E-state index contributed by atoms with van der Waals surface area (Å²) in [6.45, 7) is 11.3. The van der Waals surface area contributed by atoms with E-state index in [1.807, 2.05) is 28.0 Å². The first kappa shape index (κ1) is 43.0. The molecule has 8 heterocycles. The maximum atomic E-state index is 12.5. The summed E-state index contributed by atoms with van der Waals surface area (Å²) in [5.74, 6) is 2.72. The number of nitrogens with one attached hydrogen (secondary N) is 3. The number of H-pyrrole nitrogens is 2. The predicted octanol–water partition coefficient (Wildman–Crippen LogP) is 5.02. The Labute approximate surface area is 351 Å². The quantitative estimate of drug-likeness (QED) is 0.158. The number of nitrogens with zero attached hydrogens (tertiary/aromatic N) is 6. The predicted molar refractivity (Wildman–Crippen MR) is 225 cm³/mol. The Hall–Kier alpha value is -3.55. The third-order valence-electron chi connectivity index (χ3n) is 10.5. The number of carbonyl (C=O) groups is 3. The number of anilines is 2. The Morgan fingerprint density at radius 3 is 1.70 bits per heavy atom. The van der Waals surface area contributed by atoms with Crippen molar-refractivity contribution in [2.75, 3.05) is 103 Å². The first-order chi connectivity index (χ1) is 27.7. The highest BCUT2D eigenvalue weighted by molar-refractivity contribution is 7.17. The minimum Gasteiger partial charge on any atom is -0.382 e. The van der Waals surface area contributed by atoms with Crippen molar-refractivity contribution in [2.45, 2.75) is 44.1 Å². The van der Waals surface area contributed by atoms with Gasteiger partial charge < -0.3 is 30.3 Å². The minimum atomic E-state index is 0.236. The normalized spacial score (nSPS) is 18.6. The molecule has 4 saturated heterocycles. The summed E-state index contributed by atoms with van der Waals surface area (Å²) in [6.07, 6.45) is 4.66. The molecule has 0 aliphatic carbocycles. The molecule has 0 saturated carbocycles. The van der Waals surface area contributed by atoms with E-state index in [0.717, 1.165) is 139 Å². The summed E-state index contributed by atoms with van der Waals surface area (Å²) < 4.78 is 12.1. The van der Waals surface area contributed by atoms with Gasteiger partial charge in [-0.05, 0) is 49.9 Å². The highest BCUT2D eigenvalue weighted by Crippen LogP contribution is 2.30. The first-order valence-corrected chi connectivity index (χ1v) is 21.8. The van der Waals surface area contributed by atoms with E-state index in [4.69, 9.17) is 38.4 Å². The average Bonchev–Trinajstić information content (AvgIpc) is 4.08. The van der Waals surface area contributed by atoms with Crippen molar-refractivity contribution >= 4 is 75.6 Å². The van der Waals surface area contributed by atoms with Crippen LogP contribution in [0.4, 0.5) is 11.6 Å². The molecule has 2 amide bonds. The molecule has 19 heteroatoms. The molecule has 4 aliphatic rings. The molecule has 5 N–H and O–H groups in total. The fraction of sp³-hybridized carbons (Fsp3) is 0.553. The number of likely N-dealkylation sites (tertiary alicyclic amines) is 2. The second-order valence-corrected chi connectivity index (χ2v) is 17.9. The number of hydrogen-bond acceptors (Lipinski definition) is 13. The van der Waals surface area contributed by atoms with Crippen molar-refractivity contribution in [3.63, 3.8) is 0 Å². The number of aromatic amines is 2. The Morgan fingerprint density at radius 1 is 0.754 bits per heavy atom. The molecule has 8 rings (SSSR count). The zero-order valence-electron chi connectivity index (χ0n) is 32.0. The number of piperidine rings is 2. The summed E-state index contributed by atoms with van der Waals surface area (Å²) in [5.41, 5.74) is 7.88. The topological polar surface area (TPSA) is 178 Å². The summed E-state index contributed by atoms with van der Waals surface area (Å²) in [4.78, 5) is 45.0. The summed E-state index contributed by atoms with van der Waals surface area (Å²) in [7, 11) is 0. The number of rotatable bonds is 10. The Kier molecular flexibility index (Phi) is 16.6. The largest absolute Gasteiger partial charge is 0.382 e. The molecule has 310 valence electrons. The van der Waals surface area contributed by atoms with Gasteiger partial charge >= 0.3 is 0 Å². The van der Waals surface area contributed by atoms with Crippen LogP contribution >= 0.6 is 45.9 Å². The van der Waals surface area contributed by atoms with Gasteiger partial charge in [0.2, 0.25) is 11.8 Å². The fourth-order valence-electron chi connectivity index (χ4n) is 7.20. The van der Waals surface area contributed by atoms with Crippen LogP contribution in [0.5, 0.6) is 0 Å². The lowest BCUT2D eigenvalue weighted by atomic mass is 9.93. The van der Waals surface area contributed by atoms with Gasteiger partial charge in [-0.15, -0.1) is 22.7 Å². The van der Waals surface area contributed by atoms with E-state index in [1.54, 1.807) is 23.5 Å².